The second kappa shape index (κ2) is 6.08. The van der Waals surface area contributed by atoms with E-state index in [0.717, 1.165) is 12.8 Å². The number of rotatable bonds is 5. The molecule has 2 atom stereocenters. The zero-order valence-corrected chi connectivity index (χ0v) is 12.0. The van der Waals surface area contributed by atoms with Crippen LogP contribution in [0.1, 0.15) is 33.1 Å². The van der Waals surface area contributed by atoms with Crippen molar-refractivity contribution in [3.05, 3.63) is 0 Å². The average molecular weight is 279 g/mol. The van der Waals surface area contributed by atoms with E-state index in [1.165, 1.54) is 4.31 Å². The first kappa shape index (κ1) is 14.8. The second-order valence-corrected chi connectivity index (χ2v) is 6.77. The Morgan fingerprint density at radius 3 is 2.76 bits per heavy atom. The summed E-state index contributed by atoms with van der Waals surface area (Å²) >= 11 is 4.84. The zero-order valence-electron chi connectivity index (χ0n) is 10.3. The first-order valence-corrected chi connectivity index (χ1v) is 7.78. The Hall–Kier alpha value is -0.240. The summed E-state index contributed by atoms with van der Waals surface area (Å²) in [4.78, 5) is 0.195. The summed E-state index contributed by atoms with van der Waals surface area (Å²) in [5.74, 6) is 0.408. The first-order chi connectivity index (χ1) is 7.86. The summed E-state index contributed by atoms with van der Waals surface area (Å²) in [5.41, 5.74) is 5.50. The van der Waals surface area contributed by atoms with Crippen molar-refractivity contribution in [1.82, 2.24) is 9.03 Å². The number of hydrogen-bond acceptors (Lipinski definition) is 3. The fraction of sp³-hybridized carbons (Fsp3) is 0.900. The molecule has 0 spiro atoms. The van der Waals surface area contributed by atoms with E-state index in [2.05, 4.69) is 11.6 Å². The van der Waals surface area contributed by atoms with E-state index in [-0.39, 0.29) is 4.99 Å². The Morgan fingerprint density at radius 1 is 1.65 bits per heavy atom. The van der Waals surface area contributed by atoms with Crippen LogP contribution in [0.4, 0.5) is 0 Å². The summed E-state index contributed by atoms with van der Waals surface area (Å²) < 4.78 is 28.3. The number of thiocarbonyl (C=S) groups is 1. The van der Waals surface area contributed by atoms with Crippen LogP contribution in [0.5, 0.6) is 0 Å². The van der Waals surface area contributed by atoms with Crippen molar-refractivity contribution in [3.63, 3.8) is 0 Å². The highest BCUT2D eigenvalue weighted by Crippen LogP contribution is 2.18. The van der Waals surface area contributed by atoms with Crippen molar-refractivity contribution < 1.29 is 8.42 Å². The van der Waals surface area contributed by atoms with Crippen LogP contribution in [0.15, 0.2) is 0 Å². The van der Waals surface area contributed by atoms with E-state index in [9.17, 15) is 8.42 Å². The molecule has 0 amide bonds. The average Bonchev–Trinajstić information content (AvgIpc) is 2.25. The molecule has 7 heteroatoms. The lowest BCUT2D eigenvalue weighted by atomic mass is 10.0. The van der Waals surface area contributed by atoms with Gasteiger partial charge in [-0.05, 0) is 25.2 Å². The molecule has 0 bridgehead atoms. The molecule has 1 aliphatic rings. The number of piperidine rings is 1. The Kier molecular flexibility index (Phi) is 5.30. The van der Waals surface area contributed by atoms with Gasteiger partial charge in [-0.1, -0.05) is 26.1 Å². The van der Waals surface area contributed by atoms with E-state index < -0.39 is 16.3 Å². The number of nitrogens with one attached hydrogen (secondary N) is 1. The van der Waals surface area contributed by atoms with Crippen LogP contribution in [-0.4, -0.2) is 36.8 Å². The molecule has 5 nitrogen and oxygen atoms in total. The SMILES string of the molecule is CCC(NS(=O)(=O)N1CCCC(C)C1)C(N)=S. The second-order valence-electron chi connectivity index (χ2n) is 4.59. The molecule has 0 aromatic heterocycles. The van der Waals surface area contributed by atoms with Gasteiger partial charge >= 0.3 is 0 Å². The van der Waals surface area contributed by atoms with Gasteiger partial charge in [-0.25, -0.2) is 0 Å². The zero-order chi connectivity index (χ0) is 13.1. The fourth-order valence-electron chi connectivity index (χ4n) is 1.96. The highest BCUT2D eigenvalue weighted by Gasteiger charge is 2.29. The quantitative estimate of drug-likeness (QED) is 0.723. The van der Waals surface area contributed by atoms with Crippen molar-refractivity contribution in [2.24, 2.45) is 11.7 Å². The summed E-state index contributed by atoms with van der Waals surface area (Å²) in [5, 5.41) is 0. The van der Waals surface area contributed by atoms with E-state index in [0.29, 0.717) is 25.4 Å². The molecular formula is C10H21N3O2S2. The van der Waals surface area contributed by atoms with Gasteiger partial charge in [0.05, 0.1) is 11.0 Å². The molecule has 0 saturated carbocycles. The monoisotopic (exact) mass is 279 g/mol. The van der Waals surface area contributed by atoms with Crippen LogP contribution < -0.4 is 10.5 Å². The van der Waals surface area contributed by atoms with Gasteiger partial charge in [0.25, 0.3) is 10.2 Å². The third-order valence-electron chi connectivity index (χ3n) is 3.00. The van der Waals surface area contributed by atoms with Crippen LogP contribution in [0.25, 0.3) is 0 Å². The molecule has 100 valence electrons. The third kappa shape index (κ3) is 4.17. The molecule has 0 radical (unpaired) electrons. The van der Waals surface area contributed by atoms with E-state index in [1.54, 1.807) is 0 Å². The molecular weight excluding hydrogens is 258 g/mol. The molecule has 1 heterocycles. The largest absolute Gasteiger partial charge is 0.392 e. The van der Waals surface area contributed by atoms with E-state index >= 15 is 0 Å². The molecule has 1 fully saturated rings. The van der Waals surface area contributed by atoms with Gasteiger partial charge in [0.1, 0.15) is 0 Å². The van der Waals surface area contributed by atoms with Crippen molar-refractivity contribution in [3.8, 4) is 0 Å². The topological polar surface area (TPSA) is 75.4 Å². The predicted octanol–water partition coefficient (Wildman–Crippen LogP) is 0.617. The van der Waals surface area contributed by atoms with Crippen molar-refractivity contribution in [2.45, 2.75) is 39.2 Å². The lowest BCUT2D eigenvalue weighted by Gasteiger charge is -2.31. The predicted molar refractivity (Wildman–Crippen MR) is 72.9 cm³/mol. The van der Waals surface area contributed by atoms with Gasteiger partial charge in [0.15, 0.2) is 0 Å². The normalized spacial score (nSPS) is 24.5. The van der Waals surface area contributed by atoms with E-state index in [1.807, 2.05) is 6.92 Å². The molecule has 3 N–H and O–H groups in total. The van der Waals surface area contributed by atoms with Crippen LogP contribution >= 0.6 is 12.2 Å². The molecule has 1 saturated heterocycles. The lowest BCUT2D eigenvalue weighted by Crippen LogP contribution is -2.51. The minimum Gasteiger partial charge on any atom is -0.392 e. The van der Waals surface area contributed by atoms with Crippen molar-refractivity contribution in [2.75, 3.05) is 13.1 Å². The maximum Gasteiger partial charge on any atom is 0.280 e. The Labute approximate surface area is 109 Å². The highest BCUT2D eigenvalue weighted by molar-refractivity contribution is 7.87. The van der Waals surface area contributed by atoms with Crippen LogP contribution in [0, 0.1) is 5.92 Å². The minimum atomic E-state index is -3.46. The highest BCUT2D eigenvalue weighted by atomic mass is 32.2. The van der Waals surface area contributed by atoms with Crippen molar-refractivity contribution >= 4 is 27.4 Å². The molecule has 0 aromatic rings. The summed E-state index contributed by atoms with van der Waals surface area (Å²) in [6.45, 7) is 5.06. The smallest absolute Gasteiger partial charge is 0.280 e. The molecule has 2 unspecified atom stereocenters. The minimum absolute atomic E-state index is 0.195. The molecule has 0 aromatic carbocycles. The molecule has 1 aliphatic heterocycles. The maximum atomic E-state index is 12.1. The summed E-state index contributed by atoms with van der Waals surface area (Å²) in [7, 11) is -3.46. The maximum absolute atomic E-state index is 12.1. The van der Waals surface area contributed by atoms with Gasteiger partial charge in [0.2, 0.25) is 0 Å². The van der Waals surface area contributed by atoms with Crippen LogP contribution in [-0.2, 0) is 10.2 Å². The van der Waals surface area contributed by atoms with Gasteiger partial charge < -0.3 is 5.73 Å². The number of hydrogen-bond donors (Lipinski definition) is 2. The first-order valence-electron chi connectivity index (χ1n) is 5.93. The Balaban J connectivity index is 2.70. The van der Waals surface area contributed by atoms with Crippen molar-refractivity contribution in [1.29, 1.82) is 0 Å². The van der Waals surface area contributed by atoms with Gasteiger partial charge in [0, 0.05) is 13.1 Å². The van der Waals surface area contributed by atoms with Crippen LogP contribution in [0.3, 0.4) is 0 Å². The Bertz CT molecular complexity index is 370. The standard InChI is InChI=1S/C10H21N3O2S2/c1-3-9(10(11)16)12-17(14,15)13-6-4-5-8(2)7-13/h8-9,12H,3-7H2,1-2H3,(H2,11,16). The number of nitrogens with two attached hydrogens (primary N) is 1. The Morgan fingerprint density at radius 2 is 2.29 bits per heavy atom. The third-order valence-corrected chi connectivity index (χ3v) is 4.88. The van der Waals surface area contributed by atoms with Gasteiger partial charge in [-0.3, -0.25) is 0 Å². The van der Waals surface area contributed by atoms with Crippen LogP contribution in [0.2, 0.25) is 0 Å². The number of nitrogens with zero attached hydrogens (tertiary/aromatic N) is 1. The summed E-state index contributed by atoms with van der Waals surface area (Å²) in [6.07, 6.45) is 2.56. The molecule has 1 rings (SSSR count). The van der Waals surface area contributed by atoms with Gasteiger partial charge in [-0.2, -0.15) is 17.4 Å². The van der Waals surface area contributed by atoms with E-state index in [4.69, 9.17) is 18.0 Å². The van der Waals surface area contributed by atoms with Gasteiger partial charge in [-0.15, -0.1) is 0 Å². The lowest BCUT2D eigenvalue weighted by molar-refractivity contribution is 0.277. The summed E-state index contributed by atoms with van der Waals surface area (Å²) in [6, 6.07) is -0.452. The molecule has 0 aliphatic carbocycles. The molecule has 17 heavy (non-hydrogen) atoms. The fourth-order valence-corrected chi connectivity index (χ4v) is 3.88.